The van der Waals surface area contributed by atoms with Gasteiger partial charge in [0.15, 0.2) is 0 Å². The van der Waals surface area contributed by atoms with Gasteiger partial charge in [-0.3, -0.25) is 0 Å². The van der Waals surface area contributed by atoms with Crippen LogP contribution in [0, 0.1) is 0 Å². The topological polar surface area (TPSA) is 53.1 Å². The van der Waals surface area contributed by atoms with Crippen LogP contribution in [0.1, 0.15) is 26.0 Å². The first-order chi connectivity index (χ1) is 9.11. The number of hydrogen-bond acceptors (Lipinski definition) is 3. The molecular formula is C15H21N3O. The molecule has 0 saturated carbocycles. The Morgan fingerprint density at radius 2 is 2.00 bits per heavy atom. The SMILES string of the molecule is CCC(C)(N)COCc1ccn(-c2ccccc2)n1. The quantitative estimate of drug-likeness (QED) is 0.867. The Labute approximate surface area is 114 Å². The van der Waals surface area contributed by atoms with Crippen molar-refractivity contribution in [2.75, 3.05) is 6.61 Å². The van der Waals surface area contributed by atoms with E-state index >= 15 is 0 Å². The molecule has 0 aliphatic carbocycles. The van der Waals surface area contributed by atoms with Gasteiger partial charge in [0.2, 0.25) is 0 Å². The summed E-state index contributed by atoms with van der Waals surface area (Å²) >= 11 is 0. The molecule has 1 unspecified atom stereocenters. The molecule has 1 aromatic heterocycles. The van der Waals surface area contributed by atoms with Crippen LogP contribution in [0.25, 0.3) is 5.69 Å². The molecule has 4 heteroatoms. The van der Waals surface area contributed by atoms with E-state index in [0.29, 0.717) is 13.2 Å². The Bertz CT molecular complexity index is 505. The normalized spacial score (nSPS) is 14.3. The number of nitrogens with zero attached hydrogens (tertiary/aromatic N) is 2. The number of rotatable bonds is 6. The van der Waals surface area contributed by atoms with Crippen LogP contribution < -0.4 is 5.73 Å². The lowest BCUT2D eigenvalue weighted by Crippen LogP contribution is -2.40. The molecule has 0 radical (unpaired) electrons. The average Bonchev–Trinajstić information content (AvgIpc) is 2.88. The van der Waals surface area contributed by atoms with Gasteiger partial charge >= 0.3 is 0 Å². The van der Waals surface area contributed by atoms with Crippen LogP contribution in [0.2, 0.25) is 0 Å². The molecule has 0 aliphatic heterocycles. The van der Waals surface area contributed by atoms with Crippen molar-refractivity contribution >= 4 is 0 Å². The van der Waals surface area contributed by atoms with Gasteiger partial charge in [-0.1, -0.05) is 25.1 Å². The number of hydrogen-bond donors (Lipinski definition) is 1. The van der Waals surface area contributed by atoms with E-state index in [9.17, 15) is 0 Å². The summed E-state index contributed by atoms with van der Waals surface area (Å²) in [6.07, 6.45) is 2.83. The number of aromatic nitrogens is 2. The lowest BCUT2D eigenvalue weighted by atomic mass is 10.0. The smallest absolute Gasteiger partial charge is 0.0907 e. The molecule has 1 atom stereocenters. The molecule has 102 valence electrons. The van der Waals surface area contributed by atoms with Crippen LogP contribution in [0.5, 0.6) is 0 Å². The summed E-state index contributed by atoms with van der Waals surface area (Å²) in [7, 11) is 0. The molecule has 0 fully saturated rings. The highest BCUT2D eigenvalue weighted by Crippen LogP contribution is 2.09. The molecule has 0 spiro atoms. The predicted molar refractivity (Wildman–Crippen MR) is 76.1 cm³/mol. The Hall–Kier alpha value is -1.65. The Kier molecular flexibility index (Phi) is 4.35. The van der Waals surface area contributed by atoms with E-state index in [1.807, 2.05) is 54.2 Å². The molecule has 0 aliphatic rings. The molecule has 19 heavy (non-hydrogen) atoms. The number of ether oxygens (including phenoxy) is 1. The van der Waals surface area contributed by atoms with Crippen LogP contribution in [0.4, 0.5) is 0 Å². The molecule has 0 bridgehead atoms. The Morgan fingerprint density at radius 3 is 2.68 bits per heavy atom. The van der Waals surface area contributed by atoms with Crippen LogP contribution in [-0.4, -0.2) is 21.9 Å². The largest absolute Gasteiger partial charge is 0.373 e. The predicted octanol–water partition coefficient (Wildman–Crippen LogP) is 2.52. The summed E-state index contributed by atoms with van der Waals surface area (Å²) < 4.78 is 7.47. The zero-order chi connectivity index (χ0) is 13.7. The monoisotopic (exact) mass is 259 g/mol. The summed E-state index contributed by atoms with van der Waals surface area (Å²) in [6, 6.07) is 12.0. The molecule has 1 aromatic carbocycles. The average molecular weight is 259 g/mol. The van der Waals surface area contributed by atoms with Gasteiger partial charge in [-0.2, -0.15) is 5.10 Å². The molecule has 0 saturated heterocycles. The van der Waals surface area contributed by atoms with E-state index in [-0.39, 0.29) is 5.54 Å². The van der Waals surface area contributed by atoms with Crippen molar-refractivity contribution in [3.8, 4) is 5.69 Å². The lowest BCUT2D eigenvalue weighted by Gasteiger charge is -2.21. The molecule has 0 amide bonds. The summed E-state index contributed by atoms with van der Waals surface area (Å²) in [5.41, 5.74) is 7.72. The first kappa shape index (κ1) is 13.8. The maximum atomic E-state index is 6.03. The minimum atomic E-state index is -0.262. The van der Waals surface area contributed by atoms with Crippen molar-refractivity contribution in [1.29, 1.82) is 0 Å². The van der Waals surface area contributed by atoms with E-state index < -0.39 is 0 Å². The lowest BCUT2D eigenvalue weighted by molar-refractivity contribution is 0.0756. The van der Waals surface area contributed by atoms with Gasteiger partial charge < -0.3 is 10.5 Å². The maximum Gasteiger partial charge on any atom is 0.0907 e. The van der Waals surface area contributed by atoms with Gasteiger partial charge in [-0.15, -0.1) is 0 Å². The zero-order valence-electron chi connectivity index (χ0n) is 11.5. The first-order valence-electron chi connectivity index (χ1n) is 6.57. The highest BCUT2D eigenvalue weighted by molar-refractivity contribution is 5.30. The van der Waals surface area contributed by atoms with Gasteiger partial charge in [-0.05, 0) is 31.5 Å². The maximum absolute atomic E-state index is 6.03. The molecule has 2 aromatic rings. The van der Waals surface area contributed by atoms with Gasteiger partial charge in [-0.25, -0.2) is 4.68 Å². The van der Waals surface area contributed by atoms with Crippen molar-refractivity contribution in [3.05, 3.63) is 48.3 Å². The van der Waals surface area contributed by atoms with Crippen molar-refractivity contribution < 1.29 is 4.74 Å². The van der Waals surface area contributed by atoms with E-state index in [4.69, 9.17) is 10.5 Å². The summed E-state index contributed by atoms with van der Waals surface area (Å²) in [5.74, 6) is 0. The first-order valence-corrected chi connectivity index (χ1v) is 6.57. The van der Waals surface area contributed by atoms with Gasteiger partial charge in [0.25, 0.3) is 0 Å². The molecule has 2 rings (SSSR count). The van der Waals surface area contributed by atoms with Gasteiger partial charge in [0, 0.05) is 11.7 Å². The van der Waals surface area contributed by atoms with E-state index in [1.165, 1.54) is 0 Å². The Balaban J connectivity index is 1.92. The van der Waals surface area contributed by atoms with Gasteiger partial charge in [0.1, 0.15) is 0 Å². The fourth-order valence-corrected chi connectivity index (χ4v) is 1.65. The zero-order valence-corrected chi connectivity index (χ0v) is 11.5. The van der Waals surface area contributed by atoms with Crippen molar-refractivity contribution in [3.63, 3.8) is 0 Å². The fourth-order valence-electron chi connectivity index (χ4n) is 1.65. The fraction of sp³-hybridized carbons (Fsp3) is 0.400. The molecule has 1 heterocycles. The van der Waals surface area contributed by atoms with E-state index in [2.05, 4.69) is 12.0 Å². The summed E-state index contributed by atoms with van der Waals surface area (Å²) in [6.45, 7) is 5.09. The second kappa shape index (κ2) is 5.99. The minimum Gasteiger partial charge on any atom is -0.373 e. The third-order valence-electron chi connectivity index (χ3n) is 3.15. The highest BCUT2D eigenvalue weighted by Gasteiger charge is 2.15. The second-order valence-corrected chi connectivity index (χ2v) is 5.09. The van der Waals surface area contributed by atoms with Crippen LogP contribution in [0.3, 0.4) is 0 Å². The Morgan fingerprint density at radius 1 is 1.26 bits per heavy atom. The van der Waals surface area contributed by atoms with Crippen molar-refractivity contribution in [2.24, 2.45) is 5.73 Å². The van der Waals surface area contributed by atoms with Crippen molar-refractivity contribution in [2.45, 2.75) is 32.4 Å². The number of benzene rings is 1. The second-order valence-electron chi connectivity index (χ2n) is 5.09. The standard InChI is InChI=1S/C15H21N3O/c1-3-15(2,16)12-19-11-13-9-10-18(17-13)14-7-5-4-6-8-14/h4-10H,3,11-12,16H2,1-2H3. The molecule has 2 N–H and O–H groups in total. The van der Waals surface area contributed by atoms with Crippen molar-refractivity contribution in [1.82, 2.24) is 9.78 Å². The van der Waals surface area contributed by atoms with E-state index in [1.54, 1.807) is 0 Å². The van der Waals surface area contributed by atoms with Crippen LogP contribution in [0.15, 0.2) is 42.6 Å². The minimum absolute atomic E-state index is 0.262. The number of nitrogens with two attached hydrogens (primary N) is 1. The third-order valence-corrected chi connectivity index (χ3v) is 3.15. The molecule has 4 nitrogen and oxygen atoms in total. The molecular weight excluding hydrogens is 238 g/mol. The third kappa shape index (κ3) is 3.91. The highest BCUT2D eigenvalue weighted by atomic mass is 16.5. The number of para-hydroxylation sites is 1. The summed E-state index contributed by atoms with van der Waals surface area (Å²) in [5, 5.41) is 4.48. The van der Waals surface area contributed by atoms with Gasteiger partial charge in [0.05, 0.1) is 24.6 Å². The summed E-state index contributed by atoms with van der Waals surface area (Å²) in [4.78, 5) is 0. The van der Waals surface area contributed by atoms with Crippen LogP contribution in [-0.2, 0) is 11.3 Å². The van der Waals surface area contributed by atoms with Crippen LogP contribution >= 0.6 is 0 Å². The van der Waals surface area contributed by atoms with E-state index in [0.717, 1.165) is 17.8 Å².